The lowest BCUT2D eigenvalue weighted by Crippen LogP contribution is -2.31. The second kappa shape index (κ2) is 13.1. The highest BCUT2D eigenvalue weighted by atomic mass is 127. The molecule has 0 saturated heterocycles. The highest BCUT2D eigenvalue weighted by Crippen LogP contribution is 2.16. The van der Waals surface area contributed by atoms with E-state index in [1.54, 1.807) is 6.07 Å². The predicted octanol–water partition coefficient (Wildman–Crippen LogP) is 3.31. The third-order valence-corrected chi connectivity index (χ3v) is 3.96. The SMILES string of the molecule is CC(C)Oc1ccc(NC(N)=NCc2cccc(C(=O)NCCN(C)C)c2)cc1.I. The number of carbonyl (C=O) groups is 1. The number of anilines is 1. The average Bonchev–Trinajstić information content (AvgIpc) is 2.67. The number of halogens is 1. The van der Waals surface area contributed by atoms with E-state index in [9.17, 15) is 4.79 Å². The number of guanidine groups is 1. The molecule has 0 aliphatic rings. The highest BCUT2D eigenvalue weighted by Gasteiger charge is 2.06. The largest absolute Gasteiger partial charge is 0.491 e. The molecule has 2 rings (SSSR count). The number of rotatable bonds is 9. The molecule has 0 radical (unpaired) electrons. The van der Waals surface area contributed by atoms with Gasteiger partial charge in [-0.3, -0.25) is 4.79 Å². The first kappa shape index (κ1) is 25.7. The molecular weight excluding hydrogens is 493 g/mol. The van der Waals surface area contributed by atoms with Gasteiger partial charge in [-0.2, -0.15) is 0 Å². The Morgan fingerprint density at radius 2 is 1.87 bits per heavy atom. The van der Waals surface area contributed by atoms with Crippen molar-refractivity contribution < 1.29 is 9.53 Å². The Labute approximate surface area is 196 Å². The number of benzene rings is 2. The van der Waals surface area contributed by atoms with Gasteiger partial charge in [0.1, 0.15) is 5.75 Å². The van der Waals surface area contributed by atoms with Crippen LogP contribution in [-0.4, -0.2) is 50.1 Å². The fraction of sp³-hybridized carbons (Fsp3) is 0.364. The minimum atomic E-state index is -0.0903. The van der Waals surface area contributed by atoms with E-state index in [-0.39, 0.29) is 36.0 Å². The molecule has 0 heterocycles. The van der Waals surface area contributed by atoms with Crippen molar-refractivity contribution in [3.63, 3.8) is 0 Å². The zero-order chi connectivity index (χ0) is 21.2. The number of nitrogens with one attached hydrogen (secondary N) is 2. The van der Waals surface area contributed by atoms with Crippen molar-refractivity contribution in [2.75, 3.05) is 32.5 Å². The highest BCUT2D eigenvalue weighted by molar-refractivity contribution is 14.0. The minimum absolute atomic E-state index is 0. The first-order valence-corrected chi connectivity index (χ1v) is 9.69. The molecule has 0 fully saturated rings. The second-order valence-electron chi connectivity index (χ2n) is 7.28. The summed E-state index contributed by atoms with van der Waals surface area (Å²) in [4.78, 5) is 18.6. The number of ether oxygens (including phenoxy) is 1. The van der Waals surface area contributed by atoms with Gasteiger partial charge in [0.15, 0.2) is 5.96 Å². The van der Waals surface area contributed by atoms with Gasteiger partial charge in [-0.25, -0.2) is 4.99 Å². The molecule has 0 aliphatic heterocycles. The number of nitrogens with two attached hydrogens (primary N) is 1. The van der Waals surface area contributed by atoms with E-state index >= 15 is 0 Å². The van der Waals surface area contributed by atoms with Crippen LogP contribution in [0.3, 0.4) is 0 Å². The number of nitrogens with zero attached hydrogens (tertiary/aromatic N) is 2. The van der Waals surface area contributed by atoms with Crippen molar-refractivity contribution >= 4 is 41.5 Å². The molecule has 4 N–H and O–H groups in total. The van der Waals surface area contributed by atoms with Crippen LogP contribution in [-0.2, 0) is 6.54 Å². The van der Waals surface area contributed by atoms with Crippen LogP contribution in [0.4, 0.5) is 5.69 Å². The molecule has 0 spiro atoms. The van der Waals surface area contributed by atoms with E-state index in [0.717, 1.165) is 23.5 Å². The number of carbonyl (C=O) groups excluding carboxylic acids is 1. The fourth-order valence-electron chi connectivity index (χ4n) is 2.56. The molecule has 0 saturated carbocycles. The summed E-state index contributed by atoms with van der Waals surface area (Å²) in [6.45, 7) is 5.75. The zero-order valence-corrected chi connectivity index (χ0v) is 20.3. The van der Waals surface area contributed by atoms with Crippen LogP contribution in [0.1, 0.15) is 29.8 Å². The van der Waals surface area contributed by atoms with Crippen LogP contribution >= 0.6 is 24.0 Å². The van der Waals surface area contributed by atoms with Gasteiger partial charge in [0, 0.05) is 24.3 Å². The molecule has 1 amide bonds. The van der Waals surface area contributed by atoms with Crippen molar-refractivity contribution in [1.82, 2.24) is 10.2 Å². The van der Waals surface area contributed by atoms with Gasteiger partial charge in [-0.05, 0) is 69.9 Å². The quantitative estimate of drug-likeness (QED) is 0.266. The van der Waals surface area contributed by atoms with Crippen LogP contribution in [0.25, 0.3) is 0 Å². The Balaban J connectivity index is 0.00000450. The van der Waals surface area contributed by atoms with Gasteiger partial charge in [-0.15, -0.1) is 24.0 Å². The summed E-state index contributed by atoms with van der Waals surface area (Å²) in [5, 5.41) is 5.96. The van der Waals surface area contributed by atoms with Crippen molar-refractivity contribution in [3.05, 3.63) is 59.7 Å². The minimum Gasteiger partial charge on any atom is -0.491 e. The van der Waals surface area contributed by atoms with E-state index in [2.05, 4.69) is 15.6 Å². The lowest BCUT2D eigenvalue weighted by molar-refractivity contribution is 0.0951. The summed E-state index contributed by atoms with van der Waals surface area (Å²) in [7, 11) is 3.94. The van der Waals surface area contributed by atoms with Crippen LogP contribution in [0.5, 0.6) is 5.75 Å². The zero-order valence-electron chi connectivity index (χ0n) is 18.0. The van der Waals surface area contributed by atoms with E-state index in [1.165, 1.54) is 0 Å². The van der Waals surface area contributed by atoms with Crippen molar-refractivity contribution in [1.29, 1.82) is 0 Å². The maximum Gasteiger partial charge on any atom is 0.251 e. The van der Waals surface area contributed by atoms with Crippen molar-refractivity contribution in [2.45, 2.75) is 26.5 Å². The van der Waals surface area contributed by atoms with Crippen LogP contribution < -0.4 is 21.1 Å². The van der Waals surface area contributed by atoms with Gasteiger partial charge in [0.05, 0.1) is 12.6 Å². The second-order valence-corrected chi connectivity index (χ2v) is 7.28. The van der Waals surface area contributed by atoms with Gasteiger partial charge in [-0.1, -0.05) is 12.1 Å². The molecule has 0 atom stereocenters. The monoisotopic (exact) mass is 525 g/mol. The Morgan fingerprint density at radius 3 is 2.50 bits per heavy atom. The summed E-state index contributed by atoms with van der Waals surface area (Å²) in [5.74, 6) is 1.03. The Kier molecular flexibility index (Phi) is 11.2. The molecule has 7 nitrogen and oxygen atoms in total. The van der Waals surface area contributed by atoms with Crippen LogP contribution in [0.15, 0.2) is 53.5 Å². The number of amides is 1. The fourth-order valence-corrected chi connectivity index (χ4v) is 2.56. The van der Waals surface area contributed by atoms with E-state index < -0.39 is 0 Å². The molecule has 0 aliphatic carbocycles. The maximum absolute atomic E-state index is 12.2. The van der Waals surface area contributed by atoms with Crippen LogP contribution in [0, 0.1) is 0 Å². The van der Waals surface area contributed by atoms with E-state index in [1.807, 2.05) is 75.3 Å². The topological polar surface area (TPSA) is 92.0 Å². The summed E-state index contributed by atoms with van der Waals surface area (Å²) in [6.07, 6.45) is 0.131. The molecule has 2 aromatic rings. The summed E-state index contributed by atoms with van der Waals surface area (Å²) in [6, 6.07) is 14.9. The summed E-state index contributed by atoms with van der Waals surface area (Å²) >= 11 is 0. The number of hydrogen-bond acceptors (Lipinski definition) is 4. The maximum atomic E-state index is 12.2. The van der Waals surface area contributed by atoms with E-state index in [0.29, 0.717) is 24.6 Å². The number of likely N-dealkylation sites (N-methyl/N-ethyl adjacent to an activating group) is 1. The predicted molar refractivity (Wildman–Crippen MR) is 134 cm³/mol. The van der Waals surface area contributed by atoms with Crippen molar-refractivity contribution in [2.24, 2.45) is 10.7 Å². The van der Waals surface area contributed by atoms with Gasteiger partial charge in [0.2, 0.25) is 0 Å². The molecular formula is C22H32IN5O2. The smallest absolute Gasteiger partial charge is 0.251 e. The Bertz CT molecular complexity index is 823. The number of hydrogen-bond donors (Lipinski definition) is 3. The van der Waals surface area contributed by atoms with Gasteiger partial charge in [0.25, 0.3) is 5.91 Å². The third kappa shape index (κ3) is 9.45. The van der Waals surface area contributed by atoms with Gasteiger partial charge < -0.3 is 26.0 Å². The molecule has 0 unspecified atom stereocenters. The summed E-state index contributed by atoms with van der Waals surface area (Å²) < 4.78 is 5.62. The normalized spacial score (nSPS) is 11.2. The molecule has 8 heteroatoms. The first-order valence-electron chi connectivity index (χ1n) is 9.69. The molecule has 164 valence electrons. The first-order chi connectivity index (χ1) is 13.8. The standard InChI is InChI=1S/C22H31N5O2.HI/c1-16(2)29-20-10-8-19(9-11-20)26-22(23)25-15-17-6-5-7-18(14-17)21(28)24-12-13-27(3)4;/h5-11,14,16H,12-13,15H2,1-4H3,(H,24,28)(H3,23,25,26);1H. The molecule has 30 heavy (non-hydrogen) atoms. The lowest BCUT2D eigenvalue weighted by Gasteiger charge is -2.11. The summed E-state index contributed by atoms with van der Waals surface area (Å²) in [5.41, 5.74) is 8.35. The Morgan fingerprint density at radius 1 is 1.17 bits per heavy atom. The molecule has 0 aromatic heterocycles. The lowest BCUT2D eigenvalue weighted by atomic mass is 10.1. The third-order valence-electron chi connectivity index (χ3n) is 3.96. The molecule has 0 bridgehead atoms. The number of aliphatic imine (C=N–C) groups is 1. The van der Waals surface area contributed by atoms with Crippen LogP contribution in [0.2, 0.25) is 0 Å². The van der Waals surface area contributed by atoms with E-state index in [4.69, 9.17) is 10.5 Å². The average molecular weight is 525 g/mol. The van der Waals surface area contributed by atoms with Gasteiger partial charge >= 0.3 is 0 Å². The Hall–Kier alpha value is -2.33. The van der Waals surface area contributed by atoms with Crippen molar-refractivity contribution in [3.8, 4) is 5.75 Å². The molecule has 2 aromatic carbocycles.